The molecule has 52 valence electrons. The lowest BCUT2D eigenvalue weighted by molar-refractivity contribution is -0.112. The maximum Gasteiger partial charge on any atom is 0.152 e. The predicted molar refractivity (Wildman–Crippen MR) is 36.3 cm³/mol. The van der Waals surface area contributed by atoms with Gasteiger partial charge in [-0.1, -0.05) is 6.08 Å². The summed E-state index contributed by atoms with van der Waals surface area (Å²) in [6.45, 7) is 2.22. The van der Waals surface area contributed by atoms with Crippen molar-refractivity contribution in [1.29, 1.82) is 0 Å². The molecule has 0 aliphatic rings. The summed E-state index contributed by atoms with van der Waals surface area (Å²) in [5, 5.41) is 0. The van der Waals surface area contributed by atoms with Crippen LogP contribution in [0.2, 0.25) is 0 Å². The highest BCUT2D eigenvalue weighted by Gasteiger charge is 1.80. The molecule has 9 heavy (non-hydrogen) atoms. The van der Waals surface area contributed by atoms with E-state index in [9.17, 15) is 4.79 Å². The summed E-state index contributed by atoms with van der Waals surface area (Å²) >= 11 is 0. The zero-order chi connectivity index (χ0) is 7.11. The van der Waals surface area contributed by atoms with Crippen molar-refractivity contribution >= 4 is 5.78 Å². The minimum Gasteiger partial charge on any atom is -0.384 e. The smallest absolute Gasteiger partial charge is 0.152 e. The van der Waals surface area contributed by atoms with Gasteiger partial charge >= 0.3 is 0 Å². The molecule has 0 fully saturated rings. The van der Waals surface area contributed by atoms with E-state index in [0.717, 1.165) is 6.42 Å². The van der Waals surface area contributed by atoms with Crippen molar-refractivity contribution in [3.63, 3.8) is 0 Å². The number of hydrogen-bond acceptors (Lipinski definition) is 2. The maximum absolute atomic E-state index is 10.3. The third-order valence-electron chi connectivity index (χ3n) is 0.841. The number of carbonyl (C=O) groups is 1. The van der Waals surface area contributed by atoms with E-state index < -0.39 is 0 Å². The Morgan fingerprint density at radius 1 is 1.67 bits per heavy atom. The van der Waals surface area contributed by atoms with E-state index in [1.54, 1.807) is 13.2 Å². The first-order chi connectivity index (χ1) is 4.27. The van der Waals surface area contributed by atoms with Crippen molar-refractivity contribution in [3.05, 3.63) is 12.2 Å². The molecule has 0 atom stereocenters. The fourth-order valence-electron chi connectivity index (χ4n) is 0.435. The molecule has 0 heterocycles. The van der Waals surface area contributed by atoms with Gasteiger partial charge in [0.05, 0.1) is 0 Å². The van der Waals surface area contributed by atoms with E-state index >= 15 is 0 Å². The average molecular weight is 128 g/mol. The van der Waals surface area contributed by atoms with Crippen LogP contribution in [-0.2, 0) is 9.53 Å². The van der Waals surface area contributed by atoms with E-state index in [1.165, 1.54) is 6.92 Å². The van der Waals surface area contributed by atoms with Crippen LogP contribution >= 0.6 is 0 Å². The lowest BCUT2D eigenvalue weighted by atomic mass is 10.3. The summed E-state index contributed by atoms with van der Waals surface area (Å²) in [6, 6.07) is 0. The number of hydrogen-bond donors (Lipinski definition) is 0. The molecule has 0 rings (SSSR count). The molecule has 0 saturated heterocycles. The highest BCUT2D eigenvalue weighted by Crippen LogP contribution is 1.83. The van der Waals surface area contributed by atoms with Crippen molar-refractivity contribution < 1.29 is 9.53 Å². The van der Waals surface area contributed by atoms with Crippen LogP contribution in [0.15, 0.2) is 12.2 Å². The van der Waals surface area contributed by atoms with E-state index in [0.29, 0.717) is 6.61 Å². The molecule has 0 aromatic heterocycles. The van der Waals surface area contributed by atoms with Gasteiger partial charge in [-0.05, 0) is 19.4 Å². The van der Waals surface area contributed by atoms with Crippen LogP contribution in [0.1, 0.15) is 13.3 Å². The molecular weight excluding hydrogens is 116 g/mol. The van der Waals surface area contributed by atoms with Gasteiger partial charge in [0.25, 0.3) is 0 Å². The van der Waals surface area contributed by atoms with Gasteiger partial charge in [0.2, 0.25) is 0 Å². The lowest BCUT2D eigenvalue weighted by Crippen LogP contribution is -1.85. The van der Waals surface area contributed by atoms with Crippen molar-refractivity contribution in [2.24, 2.45) is 0 Å². The Morgan fingerprint density at radius 3 is 2.78 bits per heavy atom. The monoisotopic (exact) mass is 128 g/mol. The number of rotatable bonds is 4. The Morgan fingerprint density at radius 2 is 2.33 bits per heavy atom. The zero-order valence-electron chi connectivity index (χ0n) is 5.89. The second-order valence-electron chi connectivity index (χ2n) is 1.79. The number of ketones is 1. The third kappa shape index (κ3) is 7.37. The normalized spacial score (nSPS) is 10.4. The number of methoxy groups -OCH3 is 1. The van der Waals surface area contributed by atoms with Gasteiger partial charge in [-0.15, -0.1) is 0 Å². The first-order valence-corrected chi connectivity index (χ1v) is 2.93. The zero-order valence-corrected chi connectivity index (χ0v) is 5.89. The summed E-state index contributed by atoms with van der Waals surface area (Å²) in [7, 11) is 1.64. The topological polar surface area (TPSA) is 26.3 Å². The molecule has 2 nitrogen and oxygen atoms in total. The van der Waals surface area contributed by atoms with Crippen LogP contribution in [0.3, 0.4) is 0 Å². The second kappa shape index (κ2) is 5.51. The van der Waals surface area contributed by atoms with Gasteiger partial charge in [0, 0.05) is 13.7 Å². The van der Waals surface area contributed by atoms with Gasteiger partial charge in [-0.3, -0.25) is 4.79 Å². The third-order valence-corrected chi connectivity index (χ3v) is 0.841. The van der Waals surface area contributed by atoms with Crippen molar-refractivity contribution in [2.45, 2.75) is 13.3 Å². The van der Waals surface area contributed by atoms with Crippen LogP contribution in [0.25, 0.3) is 0 Å². The van der Waals surface area contributed by atoms with Crippen LogP contribution in [0.4, 0.5) is 0 Å². The highest BCUT2D eigenvalue weighted by molar-refractivity contribution is 5.87. The van der Waals surface area contributed by atoms with E-state index in [2.05, 4.69) is 0 Å². The summed E-state index contributed by atoms with van der Waals surface area (Å²) in [6.07, 6.45) is 4.18. The molecule has 0 saturated carbocycles. The van der Waals surface area contributed by atoms with Crippen LogP contribution < -0.4 is 0 Å². The van der Waals surface area contributed by atoms with Crippen LogP contribution in [0.5, 0.6) is 0 Å². The van der Waals surface area contributed by atoms with Crippen LogP contribution in [-0.4, -0.2) is 19.5 Å². The number of carbonyl (C=O) groups excluding carboxylic acids is 1. The van der Waals surface area contributed by atoms with Gasteiger partial charge in [0.1, 0.15) is 0 Å². The Kier molecular flexibility index (Phi) is 5.12. The first kappa shape index (κ1) is 8.37. The highest BCUT2D eigenvalue weighted by atomic mass is 16.5. The Labute approximate surface area is 55.5 Å². The van der Waals surface area contributed by atoms with Gasteiger partial charge in [-0.25, -0.2) is 0 Å². The molecule has 0 radical (unpaired) electrons. The number of allylic oxidation sites excluding steroid dienone is 1. The lowest BCUT2D eigenvalue weighted by Gasteiger charge is -1.88. The quantitative estimate of drug-likeness (QED) is 0.419. The molecule has 0 aliphatic heterocycles. The Hall–Kier alpha value is -0.630. The van der Waals surface area contributed by atoms with Gasteiger partial charge < -0.3 is 4.74 Å². The predicted octanol–water partition coefficient (Wildman–Crippen LogP) is 1.17. The summed E-state index contributed by atoms with van der Waals surface area (Å²) in [5.41, 5.74) is 0. The molecule has 0 amide bonds. The van der Waals surface area contributed by atoms with Gasteiger partial charge in [0.15, 0.2) is 5.78 Å². The minimum atomic E-state index is 0.0890. The minimum absolute atomic E-state index is 0.0890. The summed E-state index contributed by atoms with van der Waals surface area (Å²) < 4.78 is 4.76. The average Bonchev–Trinajstić information content (AvgIpc) is 1.80. The van der Waals surface area contributed by atoms with E-state index in [-0.39, 0.29) is 5.78 Å². The summed E-state index contributed by atoms with van der Waals surface area (Å²) in [4.78, 5) is 10.3. The standard InChI is InChI=1S/C7H12O2/c1-7(8)5-3-4-6-9-2/h3,5H,4,6H2,1-2H3. The SMILES string of the molecule is COCCC=CC(C)=O. The molecule has 0 spiro atoms. The molecule has 2 heteroatoms. The molecular formula is C7H12O2. The van der Waals surface area contributed by atoms with Crippen molar-refractivity contribution in [3.8, 4) is 0 Å². The second-order valence-corrected chi connectivity index (χ2v) is 1.79. The van der Waals surface area contributed by atoms with Gasteiger partial charge in [-0.2, -0.15) is 0 Å². The van der Waals surface area contributed by atoms with E-state index in [4.69, 9.17) is 4.74 Å². The molecule has 0 aromatic carbocycles. The Bertz CT molecular complexity index is 105. The van der Waals surface area contributed by atoms with Crippen molar-refractivity contribution in [2.75, 3.05) is 13.7 Å². The van der Waals surface area contributed by atoms with Crippen molar-refractivity contribution in [1.82, 2.24) is 0 Å². The Balaban J connectivity index is 3.15. The fraction of sp³-hybridized carbons (Fsp3) is 0.571. The molecule has 0 aromatic rings. The summed E-state index contributed by atoms with van der Waals surface area (Å²) in [5.74, 6) is 0.0890. The molecule has 0 aliphatic carbocycles. The largest absolute Gasteiger partial charge is 0.384 e. The molecule has 0 unspecified atom stereocenters. The fourth-order valence-corrected chi connectivity index (χ4v) is 0.435. The maximum atomic E-state index is 10.3. The first-order valence-electron chi connectivity index (χ1n) is 2.93. The number of ether oxygens (including phenoxy) is 1. The van der Waals surface area contributed by atoms with Crippen LogP contribution in [0, 0.1) is 0 Å². The molecule has 0 N–H and O–H groups in total. The molecule has 0 bridgehead atoms. The van der Waals surface area contributed by atoms with E-state index in [1.807, 2.05) is 6.08 Å².